The second-order valence-corrected chi connectivity index (χ2v) is 6.74. The van der Waals surface area contributed by atoms with Crippen LogP contribution in [0, 0.1) is 23.7 Å². The number of esters is 1. The Balaban J connectivity index is 1.65. The zero-order chi connectivity index (χ0) is 13.7. The molecule has 4 nitrogen and oxygen atoms in total. The Morgan fingerprint density at radius 3 is 2.50 bits per heavy atom. The minimum absolute atomic E-state index is 0.329. The van der Waals surface area contributed by atoms with E-state index in [1.54, 1.807) is 0 Å². The maximum Gasteiger partial charge on any atom is 0.360 e. The summed E-state index contributed by atoms with van der Waals surface area (Å²) in [6, 6.07) is 0. The van der Waals surface area contributed by atoms with E-state index in [-0.39, 0.29) is 5.97 Å². The first-order valence-corrected chi connectivity index (χ1v) is 7.86. The van der Waals surface area contributed by atoms with Gasteiger partial charge in [0.15, 0.2) is 12.1 Å². The number of carbonyl (C=O) groups is 1. The van der Waals surface area contributed by atoms with Gasteiger partial charge in [-0.3, -0.25) is 0 Å². The maximum atomic E-state index is 12.0. The normalized spacial score (nSPS) is 38.1. The molecule has 1 aromatic rings. The second-order valence-electron chi connectivity index (χ2n) is 6.74. The van der Waals surface area contributed by atoms with Gasteiger partial charge in [0.2, 0.25) is 0 Å². The topological polar surface area (TPSA) is 52.3 Å². The van der Waals surface area contributed by atoms with Crippen LogP contribution in [0.25, 0.3) is 0 Å². The first-order valence-electron chi connectivity index (χ1n) is 7.86. The number of hydrogen-bond donors (Lipinski definition) is 0. The molecule has 5 rings (SSSR count). The van der Waals surface area contributed by atoms with Gasteiger partial charge in [-0.2, -0.15) is 0 Å². The van der Waals surface area contributed by atoms with Crippen molar-refractivity contribution < 1.29 is 13.9 Å². The zero-order valence-electron chi connectivity index (χ0n) is 11.9. The van der Waals surface area contributed by atoms with Gasteiger partial charge in [-0.15, -0.1) is 0 Å². The maximum absolute atomic E-state index is 12.0. The molecule has 4 fully saturated rings. The summed E-state index contributed by atoms with van der Waals surface area (Å²) in [5.41, 5.74) is 0.421. The summed E-state index contributed by atoms with van der Waals surface area (Å²) in [5, 5.41) is 0. The molecule has 4 bridgehead atoms. The van der Waals surface area contributed by atoms with Crippen molar-refractivity contribution in [2.24, 2.45) is 23.7 Å². The van der Waals surface area contributed by atoms with Crippen LogP contribution in [0.5, 0.6) is 0 Å². The molecule has 1 heterocycles. The SMILES string of the molecule is CCOC(=O)c1ncoc1C1C2CC3CC(C2)CC1C3. The third kappa shape index (κ3) is 1.80. The monoisotopic (exact) mass is 275 g/mol. The van der Waals surface area contributed by atoms with E-state index in [0.717, 1.165) is 17.6 Å². The lowest BCUT2D eigenvalue weighted by atomic mass is 9.51. The van der Waals surface area contributed by atoms with Crippen molar-refractivity contribution in [3.05, 3.63) is 17.8 Å². The number of oxazole rings is 1. The Morgan fingerprint density at radius 2 is 1.90 bits per heavy atom. The fraction of sp³-hybridized carbons (Fsp3) is 0.750. The van der Waals surface area contributed by atoms with Crippen LogP contribution in [-0.4, -0.2) is 17.6 Å². The molecule has 20 heavy (non-hydrogen) atoms. The summed E-state index contributed by atoms with van der Waals surface area (Å²) in [6.07, 6.45) is 8.07. The summed E-state index contributed by atoms with van der Waals surface area (Å²) in [7, 11) is 0. The molecule has 4 aliphatic rings. The molecule has 1 aromatic heterocycles. The second kappa shape index (κ2) is 4.61. The van der Waals surface area contributed by atoms with Crippen molar-refractivity contribution in [2.45, 2.75) is 44.9 Å². The quantitative estimate of drug-likeness (QED) is 0.793. The molecule has 108 valence electrons. The van der Waals surface area contributed by atoms with Crippen LogP contribution < -0.4 is 0 Å². The molecule has 0 aliphatic heterocycles. The Morgan fingerprint density at radius 1 is 1.25 bits per heavy atom. The van der Waals surface area contributed by atoms with Gasteiger partial charge in [0.05, 0.1) is 6.61 Å². The fourth-order valence-electron chi connectivity index (χ4n) is 5.20. The molecule has 0 spiro atoms. The highest BCUT2D eigenvalue weighted by Crippen LogP contribution is 2.60. The summed E-state index contributed by atoms with van der Waals surface area (Å²) in [5.74, 6) is 4.08. The average molecular weight is 275 g/mol. The van der Waals surface area contributed by atoms with Crippen molar-refractivity contribution in [3.8, 4) is 0 Å². The lowest BCUT2D eigenvalue weighted by molar-refractivity contribution is -0.0102. The van der Waals surface area contributed by atoms with E-state index in [0.29, 0.717) is 30.1 Å². The molecule has 0 radical (unpaired) electrons. The van der Waals surface area contributed by atoms with Crippen molar-refractivity contribution in [1.82, 2.24) is 4.98 Å². The van der Waals surface area contributed by atoms with Crippen LogP contribution in [0.4, 0.5) is 0 Å². The first-order chi connectivity index (χ1) is 9.76. The number of nitrogens with zero attached hydrogens (tertiary/aromatic N) is 1. The van der Waals surface area contributed by atoms with Gasteiger partial charge in [0.25, 0.3) is 0 Å². The van der Waals surface area contributed by atoms with Gasteiger partial charge in [0, 0.05) is 5.92 Å². The summed E-state index contributed by atoms with van der Waals surface area (Å²) in [4.78, 5) is 16.1. The van der Waals surface area contributed by atoms with E-state index in [2.05, 4.69) is 4.98 Å². The lowest BCUT2D eigenvalue weighted by Gasteiger charge is -2.53. The number of hydrogen-bond acceptors (Lipinski definition) is 4. The molecule has 0 N–H and O–H groups in total. The van der Waals surface area contributed by atoms with Crippen LogP contribution >= 0.6 is 0 Å². The third-order valence-electron chi connectivity index (χ3n) is 5.59. The van der Waals surface area contributed by atoms with E-state index >= 15 is 0 Å². The largest absolute Gasteiger partial charge is 0.461 e. The Kier molecular flexibility index (Phi) is 2.86. The van der Waals surface area contributed by atoms with Crippen LogP contribution in [0.2, 0.25) is 0 Å². The van der Waals surface area contributed by atoms with E-state index in [4.69, 9.17) is 9.15 Å². The smallest absolute Gasteiger partial charge is 0.360 e. The summed E-state index contributed by atoms with van der Waals surface area (Å²) < 4.78 is 10.8. The lowest BCUT2D eigenvalue weighted by Crippen LogP contribution is -2.44. The summed E-state index contributed by atoms with van der Waals surface area (Å²) >= 11 is 0. The molecule has 4 saturated carbocycles. The number of ether oxygens (including phenoxy) is 1. The predicted molar refractivity (Wildman–Crippen MR) is 72.2 cm³/mol. The zero-order valence-corrected chi connectivity index (χ0v) is 11.9. The van der Waals surface area contributed by atoms with Gasteiger partial charge >= 0.3 is 5.97 Å². The minimum Gasteiger partial charge on any atom is -0.461 e. The van der Waals surface area contributed by atoms with E-state index in [1.165, 1.54) is 38.5 Å². The Bertz CT molecular complexity index is 494. The van der Waals surface area contributed by atoms with Crippen molar-refractivity contribution >= 4 is 5.97 Å². The van der Waals surface area contributed by atoms with Crippen molar-refractivity contribution in [2.75, 3.05) is 6.61 Å². The van der Waals surface area contributed by atoms with Crippen LogP contribution in [0.15, 0.2) is 10.8 Å². The van der Waals surface area contributed by atoms with Gasteiger partial charge in [-0.1, -0.05) is 0 Å². The van der Waals surface area contributed by atoms with Gasteiger partial charge in [-0.25, -0.2) is 9.78 Å². The predicted octanol–water partition coefficient (Wildman–Crippen LogP) is 3.39. The molecule has 0 atom stereocenters. The van der Waals surface area contributed by atoms with E-state index < -0.39 is 0 Å². The highest BCUT2D eigenvalue weighted by molar-refractivity contribution is 5.88. The van der Waals surface area contributed by atoms with Gasteiger partial charge < -0.3 is 9.15 Å². The fourth-order valence-corrected chi connectivity index (χ4v) is 5.20. The van der Waals surface area contributed by atoms with Gasteiger partial charge in [0.1, 0.15) is 5.76 Å². The van der Waals surface area contributed by atoms with Crippen molar-refractivity contribution in [3.63, 3.8) is 0 Å². The Hall–Kier alpha value is -1.32. The van der Waals surface area contributed by atoms with E-state index in [1.807, 2.05) is 6.92 Å². The molecule has 4 heteroatoms. The van der Waals surface area contributed by atoms with Crippen LogP contribution in [0.3, 0.4) is 0 Å². The summed E-state index contributed by atoms with van der Waals surface area (Å²) in [6.45, 7) is 2.20. The number of carbonyl (C=O) groups excluding carboxylic acids is 1. The molecule has 4 aliphatic carbocycles. The molecule has 0 unspecified atom stereocenters. The third-order valence-corrected chi connectivity index (χ3v) is 5.59. The minimum atomic E-state index is -0.329. The molecular weight excluding hydrogens is 254 g/mol. The molecule has 0 amide bonds. The van der Waals surface area contributed by atoms with Crippen LogP contribution in [-0.2, 0) is 4.74 Å². The Labute approximate surface area is 118 Å². The van der Waals surface area contributed by atoms with Gasteiger partial charge in [-0.05, 0) is 62.7 Å². The van der Waals surface area contributed by atoms with Crippen molar-refractivity contribution in [1.29, 1.82) is 0 Å². The molecular formula is C16H21NO3. The van der Waals surface area contributed by atoms with E-state index in [9.17, 15) is 4.79 Å². The highest BCUT2D eigenvalue weighted by atomic mass is 16.5. The average Bonchev–Trinajstić information content (AvgIpc) is 2.87. The molecule has 0 aromatic carbocycles. The number of rotatable bonds is 3. The van der Waals surface area contributed by atoms with Crippen LogP contribution in [0.1, 0.15) is 61.2 Å². The first kappa shape index (κ1) is 12.4. The highest BCUT2D eigenvalue weighted by Gasteiger charge is 2.50. The number of aromatic nitrogens is 1. The molecule has 0 saturated heterocycles. The standard InChI is InChI=1S/C16H21NO3/c1-2-19-16(18)14-15(20-8-17-14)13-11-4-9-3-10(6-11)7-12(13)5-9/h8-13H,2-7H2,1H3.